The summed E-state index contributed by atoms with van der Waals surface area (Å²) in [6.07, 6.45) is -0.0102. The van der Waals surface area contributed by atoms with Crippen molar-refractivity contribution in [2.45, 2.75) is 6.92 Å². The van der Waals surface area contributed by atoms with Crippen molar-refractivity contribution in [1.29, 1.82) is 0 Å². The molecule has 0 spiro atoms. The second-order valence-corrected chi connectivity index (χ2v) is 3.70. The third-order valence-electron chi connectivity index (χ3n) is 1.23. The minimum atomic E-state index is -2.39. The van der Waals surface area contributed by atoms with Crippen LogP contribution in [0.2, 0.25) is 0 Å². The fourth-order valence-electron chi connectivity index (χ4n) is 0.558. The minimum absolute atomic E-state index is 0.0102. The predicted octanol–water partition coefficient (Wildman–Crippen LogP) is 0.225. The van der Waals surface area contributed by atoms with Gasteiger partial charge in [-0.05, 0) is 6.92 Å². The lowest BCUT2D eigenvalue weighted by Crippen LogP contribution is -2.12. The highest BCUT2D eigenvalue weighted by Gasteiger charge is 2.03. The van der Waals surface area contributed by atoms with Gasteiger partial charge in [-0.1, -0.05) is 11.1 Å². The Balaban J connectivity index is 3.26. The SMILES string of the molecule is C=C(C)C(=O)OCCOCC[P+](=O)[O-]. The lowest BCUT2D eigenvalue weighted by atomic mass is 10.4. The normalized spacial score (nSPS) is 10.9. The van der Waals surface area contributed by atoms with Gasteiger partial charge in [0.05, 0.1) is 13.2 Å². The first kappa shape index (κ1) is 13.2. The first-order valence-corrected chi connectivity index (χ1v) is 5.42. The van der Waals surface area contributed by atoms with Crippen LogP contribution in [-0.4, -0.2) is 32.0 Å². The van der Waals surface area contributed by atoms with E-state index < -0.39 is 14.0 Å². The average molecular weight is 220 g/mol. The third-order valence-corrected chi connectivity index (χ3v) is 1.78. The van der Waals surface area contributed by atoms with Crippen molar-refractivity contribution >= 4 is 14.0 Å². The van der Waals surface area contributed by atoms with E-state index in [1.54, 1.807) is 6.92 Å². The third kappa shape index (κ3) is 7.86. The highest BCUT2D eigenvalue weighted by molar-refractivity contribution is 7.36. The van der Waals surface area contributed by atoms with E-state index in [2.05, 4.69) is 6.58 Å². The van der Waals surface area contributed by atoms with Crippen molar-refractivity contribution in [3.05, 3.63) is 12.2 Å². The van der Waals surface area contributed by atoms with Gasteiger partial charge in [0, 0.05) is 5.57 Å². The molecule has 1 atom stereocenters. The molecule has 5 nitrogen and oxygen atoms in total. The van der Waals surface area contributed by atoms with Gasteiger partial charge in [-0.15, -0.1) is 0 Å². The maximum atomic E-state index is 10.8. The van der Waals surface area contributed by atoms with Crippen LogP contribution in [0.5, 0.6) is 0 Å². The molecule has 0 aliphatic rings. The average Bonchev–Trinajstić information content (AvgIpc) is 2.09. The number of carbonyl (C=O) groups excluding carboxylic acids is 1. The maximum Gasteiger partial charge on any atom is 0.333 e. The van der Waals surface area contributed by atoms with Gasteiger partial charge in [0.1, 0.15) is 6.61 Å². The Morgan fingerprint density at radius 1 is 1.43 bits per heavy atom. The second kappa shape index (κ2) is 7.62. The monoisotopic (exact) mass is 220 g/mol. The number of hydrogen-bond acceptors (Lipinski definition) is 5. The molecule has 0 N–H and O–H groups in total. The Bertz CT molecular complexity index is 226. The maximum absolute atomic E-state index is 10.8. The first-order chi connectivity index (χ1) is 6.54. The molecule has 0 saturated carbocycles. The molecule has 0 radical (unpaired) electrons. The van der Waals surface area contributed by atoms with Gasteiger partial charge in [-0.25, -0.2) is 4.79 Å². The molecule has 0 aliphatic carbocycles. The molecule has 0 saturated heterocycles. The molecule has 0 heterocycles. The number of rotatable bonds is 7. The highest BCUT2D eigenvalue weighted by Crippen LogP contribution is 2.04. The van der Waals surface area contributed by atoms with E-state index in [4.69, 9.17) is 9.47 Å². The number of carbonyl (C=O) groups is 1. The van der Waals surface area contributed by atoms with Gasteiger partial charge >= 0.3 is 14.0 Å². The zero-order valence-electron chi connectivity index (χ0n) is 8.02. The predicted molar refractivity (Wildman–Crippen MR) is 49.1 cm³/mol. The summed E-state index contributed by atoms with van der Waals surface area (Å²) in [5, 5.41) is 0. The molecule has 0 aromatic rings. The Morgan fingerprint density at radius 2 is 2.07 bits per heavy atom. The van der Waals surface area contributed by atoms with E-state index in [1.807, 2.05) is 0 Å². The zero-order chi connectivity index (χ0) is 11.0. The van der Waals surface area contributed by atoms with Crippen molar-refractivity contribution in [2.75, 3.05) is 26.0 Å². The number of ether oxygens (including phenoxy) is 2. The summed E-state index contributed by atoms with van der Waals surface area (Å²) in [5.74, 6) is -0.469. The minimum Gasteiger partial charge on any atom is -0.595 e. The molecule has 6 heteroatoms. The van der Waals surface area contributed by atoms with E-state index in [1.165, 1.54) is 0 Å². The van der Waals surface area contributed by atoms with Gasteiger partial charge in [-0.2, -0.15) is 0 Å². The van der Waals surface area contributed by atoms with Crippen molar-refractivity contribution < 1.29 is 23.7 Å². The molecule has 0 aromatic heterocycles. The number of hydrogen-bond donors (Lipinski definition) is 0. The Morgan fingerprint density at radius 3 is 2.57 bits per heavy atom. The summed E-state index contributed by atoms with van der Waals surface area (Å²) in [6, 6.07) is 0. The van der Waals surface area contributed by atoms with Gasteiger partial charge in [0.25, 0.3) is 0 Å². The summed E-state index contributed by atoms with van der Waals surface area (Å²) < 4.78 is 19.7. The van der Waals surface area contributed by atoms with Crippen LogP contribution in [0.15, 0.2) is 12.2 Å². The van der Waals surface area contributed by atoms with Crippen molar-refractivity contribution in [3.63, 3.8) is 0 Å². The molecule has 1 unspecified atom stereocenters. The molecule has 0 bridgehead atoms. The highest BCUT2D eigenvalue weighted by atomic mass is 31.1. The van der Waals surface area contributed by atoms with E-state index in [0.717, 1.165) is 0 Å². The van der Waals surface area contributed by atoms with Crippen molar-refractivity contribution in [2.24, 2.45) is 0 Å². The second-order valence-electron chi connectivity index (χ2n) is 2.58. The molecule has 0 fully saturated rings. The van der Waals surface area contributed by atoms with Crippen molar-refractivity contribution in [3.8, 4) is 0 Å². The van der Waals surface area contributed by atoms with Crippen LogP contribution in [-0.2, 0) is 18.8 Å². The van der Waals surface area contributed by atoms with Gasteiger partial charge in [0.15, 0.2) is 6.16 Å². The zero-order valence-corrected chi connectivity index (χ0v) is 8.92. The summed E-state index contributed by atoms with van der Waals surface area (Å²) in [7, 11) is -2.39. The first-order valence-electron chi connectivity index (χ1n) is 4.06. The lowest BCUT2D eigenvalue weighted by Gasteiger charge is -2.03. The Hall–Kier alpha value is -0.770. The van der Waals surface area contributed by atoms with E-state index in [9.17, 15) is 14.3 Å². The standard InChI is InChI=1S/C8H13O5P/c1-7(2)8(9)13-4-3-12-5-6-14(10)11/h1,3-6H2,2H3. The molecule has 0 amide bonds. The Kier molecular flexibility index (Phi) is 7.20. The van der Waals surface area contributed by atoms with Crippen LogP contribution in [0.3, 0.4) is 0 Å². The Labute approximate surface area is 83.6 Å². The molecule has 14 heavy (non-hydrogen) atoms. The fourth-order valence-corrected chi connectivity index (χ4v) is 0.836. The van der Waals surface area contributed by atoms with E-state index in [-0.39, 0.29) is 26.0 Å². The van der Waals surface area contributed by atoms with Crippen LogP contribution in [0.4, 0.5) is 0 Å². The smallest absolute Gasteiger partial charge is 0.333 e. The quantitative estimate of drug-likeness (QED) is 0.265. The van der Waals surface area contributed by atoms with Crippen LogP contribution in [0, 0.1) is 0 Å². The molecule has 0 aliphatic heterocycles. The largest absolute Gasteiger partial charge is 0.595 e. The van der Waals surface area contributed by atoms with E-state index in [0.29, 0.717) is 5.57 Å². The van der Waals surface area contributed by atoms with Gasteiger partial charge in [0.2, 0.25) is 0 Å². The molecular formula is C8H13O5P. The van der Waals surface area contributed by atoms with Gasteiger partial charge in [-0.3, -0.25) is 0 Å². The van der Waals surface area contributed by atoms with Crippen molar-refractivity contribution in [1.82, 2.24) is 0 Å². The lowest BCUT2D eigenvalue weighted by molar-refractivity contribution is -0.165. The summed E-state index contributed by atoms with van der Waals surface area (Å²) >= 11 is 0. The van der Waals surface area contributed by atoms with Crippen LogP contribution in [0.1, 0.15) is 6.92 Å². The summed E-state index contributed by atoms with van der Waals surface area (Å²) in [5.41, 5.74) is 0.327. The summed E-state index contributed by atoms with van der Waals surface area (Å²) in [4.78, 5) is 20.9. The fraction of sp³-hybridized carbons (Fsp3) is 0.625. The molecule has 0 aromatic carbocycles. The summed E-state index contributed by atoms with van der Waals surface area (Å²) in [6.45, 7) is 5.38. The number of esters is 1. The molecule has 0 rings (SSSR count). The molecule has 80 valence electrons. The topological polar surface area (TPSA) is 75.7 Å². The van der Waals surface area contributed by atoms with E-state index >= 15 is 0 Å². The van der Waals surface area contributed by atoms with Crippen LogP contribution >= 0.6 is 8.03 Å². The molecular weight excluding hydrogens is 207 g/mol. The van der Waals surface area contributed by atoms with Gasteiger partial charge < -0.3 is 14.4 Å². The van der Waals surface area contributed by atoms with Crippen LogP contribution in [0.25, 0.3) is 0 Å². The van der Waals surface area contributed by atoms with Crippen LogP contribution < -0.4 is 4.89 Å².